The number of ether oxygens (including phenoxy) is 2. The molecular formula is C55H91N7O18. The third-order valence-corrected chi connectivity index (χ3v) is 13.3. The van der Waals surface area contributed by atoms with E-state index in [1.807, 2.05) is 0 Å². The molecule has 80 heavy (non-hydrogen) atoms. The zero-order chi connectivity index (χ0) is 59.3. The van der Waals surface area contributed by atoms with Crippen LogP contribution in [0.3, 0.4) is 0 Å². The Kier molecular flexibility index (Phi) is 41.1. The highest BCUT2D eigenvalue weighted by atomic mass is 16.5. The highest BCUT2D eigenvalue weighted by Gasteiger charge is 2.26. The van der Waals surface area contributed by atoms with Gasteiger partial charge in [0.05, 0.1) is 44.1 Å². The highest BCUT2D eigenvalue weighted by molar-refractivity contribution is 5.89. The van der Waals surface area contributed by atoms with Crippen LogP contribution in [-0.2, 0) is 68.6 Å². The Morgan fingerprint density at radius 3 is 1.65 bits per heavy atom. The second kappa shape index (κ2) is 45.7. The first-order valence-electron chi connectivity index (χ1n) is 28.4. The van der Waals surface area contributed by atoms with E-state index < -0.39 is 97.0 Å². The topological polar surface area (TPSA) is 410 Å². The lowest BCUT2D eigenvalue weighted by Gasteiger charge is -2.18. The summed E-state index contributed by atoms with van der Waals surface area (Å²) in [6.45, 7) is -1.10. The van der Waals surface area contributed by atoms with Gasteiger partial charge in [-0.25, -0.2) is 14.6 Å². The van der Waals surface area contributed by atoms with Crippen LogP contribution < -0.4 is 27.0 Å². The van der Waals surface area contributed by atoms with Crippen molar-refractivity contribution in [3.63, 3.8) is 0 Å². The number of H-pyrrole nitrogens is 1. The normalized spacial score (nSPS) is 13.1. The summed E-state index contributed by atoms with van der Waals surface area (Å²) in [5, 5.41) is 57.2. The van der Waals surface area contributed by atoms with Gasteiger partial charge in [0, 0.05) is 76.4 Å². The molecular weight excluding hydrogens is 1050 g/mol. The fourth-order valence-corrected chi connectivity index (χ4v) is 8.57. The summed E-state index contributed by atoms with van der Waals surface area (Å²) in [6, 6.07) is -4.30. The molecule has 0 saturated carbocycles. The van der Waals surface area contributed by atoms with Gasteiger partial charge in [0.1, 0.15) is 36.9 Å². The van der Waals surface area contributed by atoms with Gasteiger partial charge in [0.2, 0.25) is 17.7 Å². The SMILES string of the molecule is N[C@@H](Cc1cnc[nH]1)C(=O)CN[C@@H](CCCCNC(=O)CC[C@H](CC(=O)CC[C@H](NC(=O)COCCOCCCC(=O)CC[C@H](NC(=O)CCCCCCCCCCCCCCCCC(=O)O)C(=O)O)C(=O)O)C(=O)O)C(=O)CO. The largest absolute Gasteiger partial charge is 0.481 e. The zero-order valence-corrected chi connectivity index (χ0v) is 46.6. The van der Waals surface area contributed by atoms with Crippen LogP contribution in [-0.4, -0.2) is 171 Å². The van der Waals surface area contributed by atoms with E-state index in [0.29, 0.717) is 31.4 Å². The molecule has 3 amide bonds. The second-order valence-electron chi connectivity index (χ2n) is 20.2. The van der Waals surface area contributed by atoms with Crippen LogP contribution in [0, 0.1) is 5.92 Å². The monoisotopic (exact) mass is 1140 g/mol. The van der Waals surface area contributed by atoms with Crippen LogP contribution in [0.1, 0.15) is 185 Å². The molecule has 1 heterocycles. The number of nitrogens with two attached hydrogens (primary N) is 1. The minimum Gasteiger partial charge on any atom is -0.481 e. The Balaban J connectivity index is 2.20. The number of carbonyl (C=O) groups excluding carboxylic acids is 7. The van der Waals surface area contributed by atoms with Gasteiger partial charge in [-0.05, 0) is 57.8 Å². The number of ketones is 4. The number of aliphatic hydroxyl groups excluding tert-OH is 1. The second-order valence-corrected chi connectivity index (χ2v) is 20.2. The molecule has 12 N–H and O–H groups in total. The zero-order valence-electron chi connectivity index (χ0n) is 46.6. The van der Waals surface area contributed by atoms with Crippen LogP contribution in [0.4, 0.5) is 0 Å². The van der Waals surface area contributed by atoms with Crippen molar-refractivity contribution in [2.24, 2.45) is 11.7 Å². The number of rotatable bonds is 55. The number of nitrogens with one attached hydrogen (secondary N) is 5. The number of nitrogens with zero attached hydrogens (tertiary/aromatic N) is 1. The van der Waals surface area contributed by atoms with Gasteiger partial charge in [-0.3, -0.25) is 43.2 Å². The smallest absolute Gasteiger partial charge is 0.326 e. The molecule has 0 bridgehead atoms. The number of amides is 3. The van der Waals surface area contributed by atoms with Gasteiger partial charge < -0.3 is 67.0 Å². The van der Waals surface area contributed by atoms with Crippen molar-refractivity contribution >= 4 is 64.7 Å². The number of unbranched alkanes of at least 4 members (excludes halogenated alkanes) is 14. The number of aromatic amines is 1. The van der Waals surface area contributed by atoms with Crippen LogP contribution in [0.2, 0.25) is 0 Å². The van der Waals surface area contributed by atoms with Crippen molar-refractivity contribution in [3.05, 3.63) is 18.2 Å². The number of aromatic nitrogens is 2. The number of carboxylic acid groups (broad SMARTS) is 4. The molecule has 0 fully saturated rings. The molecule has 5 atom stereocenters. The number of carbonyl (C=O) groups is 11. The van der Waals surface area contributed by atoms with Crippen LogP contribution in [0.15, 0.2) is 12.5 Å². The number of hydrogen-bond acceptors (Lipinski definition) is 17. The van der Waals surface area contributed by atoms with E-state index in [-0.39, 0.29) is 121 Å². The van der Waals surface area contributed by atoms with Gasteiger partial charge >= 0.3 is 23.9 Å². The highest BCUT2D eigenvalue weighted by Crippen LogP contribution is 2.17. The molecule has 1 rings (SSSR count). The maximum absolute atomic E-state index is 12.7. The van der Waals surface area contributed by atoms with E-state index in [1.54, 1.807) is 6.20 Å². The van der Waals surface area contributed by atoms with E-state index >= 15 is 0 Å². The molecule has 25 heteroatoms. The van der Waals surface area contributed by atoms with Gasteiger partial charge in [-0.1, -0.05) is 77.0 Å². The summed E-state index contributed by atoms with van der Waals surface area (Å²) in [5.41, 5.74) is 6.63. The van der Waals surface area contributed by atoms with Crippen LogP contribution in [0.25, 0.3) is 0 Å². The summed E-state index contributed by atoms with van der Waals surface area (Å²) < 4.78 is 10.7. The third kappa shape index (κ3) is 38.6. The molecule has 0 aliphatic carbocycles. The molecule has 25 nitrogen and oxygen atoms in total. The average Bonchev–Trinajstić information content (AvgIpc) is 3.93. The van der Waals surface area contributed by atoms with Crippen molar-refractivity contribution < 1.29 is 87.7 Å². The first-order chi connectivity index (χ1) is 38.3. The molecule has 1 aromatic rings. The molecule has 1 aromatic heterocycles. The number of Topliss-reactive ketones (excluding diaryl/α,β-unsaturated/α-hetero) is 4. The van der Waals surface area contributed by atoms with Crippen molar-refractivity contribution in [2.75, 3.05) is 46.1 Å². The molecule has 0 aliphatic rings. The summed E-state index contributed by atoms with van der Waals surface area (Å²) in [7, 11) is 0. The fourth-order valence-electron chi connectivity index (χ4n) is 8.57. The first kappa shape index (κ1) is 72.0. The maximum Gasteiger partial charge on any atom is 0.326 e. The predicted molar refractivity (Wildman–Crippen MR) is 291 cm³/mol. The number of carboxylic acids is 4. The number of hydrogen-bond donors (Lipinski definition) is 11. The lowest BCUT2D eigenvalue weighted by atomic mass is 9.94. The van der Waals surface area contributed by atoms with E-state index in [1.165, 1.54) is 38.4 Å². The first-order valence-corrected chi connectivity index (χ1v) is 28.4. The molecule has 454 valence electrons. The molecule has 0 saturated heterocycles. The van der Waals surface area contributed by atoms with Crippen molar-refractivity contribution in [1.82, 2.24) is 31.2 Å². The minimum absolute atomic E-state index is 0.0394. The minimum atomic E-state index is -1.48. The Labute approximate surface area is 468 Å². The quantitative estimate of drug-likeness (QED) is 0.0416. The van der Waals surface area contributed by atoms with Crippen molar-refractivity contribution in [1.29, 1.82) is 0 Å². The van der Waals surface area contributed by atoms with Crippen LogP contribution >= 0.6 is 0 Å². The summed E-state index contributed by atoms with van der Waals surface area (Å²) in [6.07, 6.45) is 18.3. The third-order valence-electron chi connectivity index (χ3n) is 13.3. The number of imidazole rings is 1. The summed E-state index contributed by atoms with van der Waals surface area (Å²) >= 11 is 0. The average molecular weight is 1140 g/mol. The van der Waals surface area contributed by atoms with Gasteiger partial charge in [-0.15, -0.1) is 0 Å². The van der Waals surface area contributed by atoms with Gasteiger partial charge in [-0.2, -0.15) is 0 Å². The van der Waals surface area contributed by atoms with Gasteiger partial charge in [0.25, 0.3) is 0 Å². The summed E-state index contributed by atoms with van der Waals surface area (Å²) in [4.78, 5) is 140. The molecule has 0 radical (unpaired) electrons. The number of aliphatic hydroxyl groups is 1. The van der Waals surface area contributed by atoms with Crippen LogP contribution in [0.5, 0.6) is 0 Å². The number of aliphatic carboxylic acids is 4. The molecule has 0 spiro atoms. The lowest BCUT2D eigenvalue weighted by Crippen LogP contribution is -2.45. The standard InChI is InChI=1S/C55H91N7O18/c56-43(33-40-34-57-38-60-40)47(66)35-59-44(48(67)36-63)19-15-16-28-58-49(68)27-22-39(53(73)74)32-42(65)24-26-46(55(77)78)62-51(70)37-80-31-30-79-29-17-18-41(64)23-25-45(54(75)76)61-50(69)20-13-11-9-7-5-3-1-2-4-6-8-10-12-14-21-52(71)72/h34,38-39,43-46,59,63H,1-33,35-37,56H2,(H,57,60)(H,58,68)(H,61,69)(H,62,70)(H,71,72)(H,73,74)(H,75,76)(H,77,78)/t39-,43+,44+,45+,46+/m1/s1. The Bertz CT molecular complexity index is 2000. The Hall–Kier alpha value is -6.02. The molecule has 0 aliphatic heterocycles. The maximum atomic E-state index is 12.7. The predicted octanol–water partition coefficient (Wildman–Crippen LogP) is 3.50. The van der Waals surface area contributed by atoms with E-state index in [9.17, 15) is 73.2 Å². The van der Waals surface area contributed by atoms with Crippen molar-refractivity contribution in [2.45, 2.75) is 210 Å². The van der Waals surface area contributed by atoms with Crippen molar-refractivity contribution in [3.8, 4) is 0 Å². The van der Waals surface area contributed by atoms with E-state index in [4.69, 9.17) is 20.3 Å². The fraction of sp³-hybridized carbons (Fsp3) is 0.745. The Morgan fingerprint density at radius 1 is 0.537 bits per heavy atom. The van der Waals surface area contributed by atoms with Gasteiger partial charge in [0.15, 0.2) is 11.6 Å². The summed E-state index contributed by atoms with van der Waals surface area (Å²) in [5.74, 6) is -9.17. The van der Waals surface area contributed by atoms with E-state index in [2.05, 4.69) is 31.2 Å². The lowest BCUT2D eigenvalue weighted by molar-refractivity contribution is -0.145. The molecule has 0 aromatic carbocycles. The Morgan fingerprint density at radius 2 is 1.10 bits per heavy atom. The van der Waals surface area contributed by atoms with E-state index in [0.717, 1.165) is 51.4 Å². The molecule has 0 unspecified atom stereocenters.